The third-order valence-corrected chi connectivity index (χ3v) is 1.65. The van der Waals surface area contributed by atoms with E-state index in [1.54, 1.807) is 12.1 Å². The Labute approximate surface area is 70.9 Å². The molecule has 0 saturated carbocycles. The maximum Gasteiger partial charge on any atom is 0.134 e. The molecule has 0 saturated heterocycles. The van der Waals surface area contributed by atoms with E-state index in [1.165, 1.54) is 0 Å². The van der Waals surface area contributed by atoms with Gasteiger partial charge in [0.15, 0.2) is 0 Å². The van der Waals surface area contributed by atoms with Crippen LogP contribution in [0.1, 0.15) is 12.5 Å². The summed E-state index contributed by atoms with van der Waals surface area (Å²) in [5, 5.41) is 9.55. The van der Waals surface area contributed by atoms with E-state index in [9.17, 15) is 0 Å². The Morgan fingerprint density at radius 2 is 2.18 bits per heavy atom. The maximum absolute atomic E-state index is 9.16. The lowest BCUT2D eigenvalue weighted by atomic mass is 10.2. The average molecular weight is 169 g/mol. The van der Waals surface area contributed by atoms with Gasteiger partial charge in [-0.2, -0.15) is 0 Å². The van der Waals surface area contributed by atoms with E-state index in [-0.39, 0.29) is 5.75 Å². The summed E-state index contributed by atoms with van der Waals surface area (Å²) in [5.74, 6) is 0.127. The molecule has 1 N–H and O–H groups in total. The highest BCUT2D eigenvalue weighted by molar-refractivity contribution is 6.32. The summed E-state index contributed by atoms with van der Waals surface area (Å²) in [6.45, 7) is 1.92. The summed E-state index contributed by atoms with van der Waals surface area (Å²) in [6.07, 6.45) is 3.80. The second kappa shape index (κ2) is 3.44. The summed E-state index contributed by atoms with van der Waals surface area (Å²) in [5.41, 5.74) is 0.953. The molecule has 0 amide bonds. The van der Waals surface area contributed by atoms with Crippen molar-refractivity contribution in [2.24, 2.45) is 0 Å². The minimum absolute atomic E-state index is 0.127. The minimum Gasteiger partial charge on any atom is -0.506 e. The van der Waals surface area contributed by atoms with Crippen molar-refractivity contribution in [1.82, 2.24) is 0 Å². The summed E-state index contributed by atoms with van der Waals surface area (Å²) >= 11 is 5.61. The van der Waals surface area contributed by atoms with E-state index < -0.39 is 0 Å². The molecule has 11 heavy (non-hydrogen) atoms. The Kier molecular flexibility index (Phi) is 2.55. The standard InChI is InChI=1S/C9H9ClO/c1-2-3-7-4-5-8(10)9(11)6-7/h2-6,11H,1H3. The van der Waals surface area contributed by atoms with Crippen LogP contribution in [0.15, 0.2) is 24.3 Å². The van der Waals surface area contributed by atoms with Crippen LogP contribution in [0, 0.1) is 0 Å². The number of halogens is 1. The summed E-state index contributed by atoms with van der Waals surface area (Å²) < 4.78 is 0. The number of rotatable bonds is 1. The number of aromatic hydroxyl groups is 1. The van der Waals surface area contributed by atoms with Crippen LogP contribution in [0.2, 0.25) is 5.02 Å². The van der Waals surface area contributed by atoms with E-state index in [0.717, 1.165) is 5.56 Å². The SMILES string of the molecule is CC=Cc1ccc(Cl)c(O)c1. The summed E-state index contributed by atoms with van der Waals surface area (Å²) in [6, 6.07) is 5.15. The lowest BCUT2D eigenvalue weighted by Gasteiger charge is -1.96. The van der Waals surface area contributed by atoms with Crippen LogP contribution in [-0.4, -0.2) is 5.11 Å². The predicted octanol–water partition coefficient (Wildman–Crippen LogP) is 3.08. The summed E-state index contributed by atoms with van der Waals surface area (Å²) in [7, 11) is 0. The Morgan fingerprint density at radius 1 is 1.45 bits per heavy atom. The van der Waals surface area contributed by atoms with Crippen LogP contribution in [-0.2, 0) is 0 Å². The number of benzene rings is 1. The van der Waals surface area contributed by atoms with Crippen molar-refractivity contribution >= 4 is 17.7 Å². The Bertz CT molecular complexity index is 279. The zero-order valence-corrected chi connectivity index (χ0v) is 6.97. The third kappa shape index (κ3) is 1.99. The first kappa shape index (κ1) is 8.15. The van der Waals surface area contributed by atoms with Gasteiger partial charge in [-0.25, -0.2) is 0 Å². The fourth-order valence-electron chi connectivity index (χ4n) is 0.826. The molecule has 1 rings (SSSR count). The summed E-state index contributed by atoms with van der Waals surface area (Å²) in [4.78, 5) is 0. The molecule has 0 atom stereocenters. The van der Waals surface area contributed by atoms with E-state index in [0.29, 0.717) is 5.02 Å². The van der Waals surface area contributed by atoms with Gasteiger partial charge in [0.05, 0.1) is 5.02 Å². The topological polar surface area (TPSA) is 20.2 Å². The number of hydrogen-bond acceptors (Lipinski definition) is 1. The molecule has 0 unspecified atom stereocenters. The van der Waals surface area contributed by atoms with Crippen LogP contribution in [0.4, 0.5) is 0 Å². The lowest BCUT2D eigenvalue weighted by molar-refractivity contribution is 0.475. The molecule has 0 radical (unpaired) electrons. The Balaban J connectivity index is 3.05. The van der Waals surface area contributed by atoms with E-state index in [4.69, 9.17) is 16.7 Å². The molecule has 0 fully saturated rings. The number of phenols is 1. The first-order valence-corrected chi connectivity index (χ1v) is 3.73. The number of phenolic OH excluding ortho intramolecular Hbond substituents is 1. The van der Waals surface area contributed by atoms with Gasteiger partial charge in [-0.3, -0.25) is 0 Å². The van der Waals surface area contributed by atoms with Gasteiger partial charge in [0.2, 0.25) is 0 Å². The first-order chi connectivity index (χ1) is 5.24. The molecule has 2 heteroatoms. The van der Waals surface area contributed by atoms with Crippen molar-refractivity contribution in [3.63, 3.8) is 0 Å². The van der Waals surface area contributed by atoms with Gasteiger partial charge in [0.25, 0.3) is 0 Å². The molecule has 1 aromatic rings. The smallest absolute Gasteiger partial charge is 0.134 e. The second-order valence-corrected chi connectivity index (χ2v) is 2.62. The molecule has 0 aliphatic rings. The molecule has 0 spiro atoms. The number of allylic oxidation sites excluding steroid dienone is 1. The zero-order valence-electron chi connectivity index (χ0n) is 6.21. The molecular formula is C9H9ClO. The molecule has 0 aliphatic heterocycles. The number of hydrogen-bond donors (Lipinski definition) is 1. The minimum atomic E-state index is 0.127. The van der Waals surface area contributed by atoms with Crippen molar-refractivity contribution in [1.29, 1.82) is 0 Å². The van der Waals surface area contributed by atoms with Gasteiger partial charge >= 0.3 is 0 Å². The van der Waals surface area contributed by atoms with Crippen LogP contribution in [0.3, 0.4) is 0 Å². The van der Waals surface area contributed by atoms with E-state index in [1.807, 2.05) is 25.1 Å². The van der Waals surface area contributed by atoms with Crippen LogP contribution >= 0.6 is 11.6 Å². The molecule has 0 heterocycles. The Morgan fingerprint density at radius 3 is 2.73 bits per heavy atom. The van der Waals surface area contributed by atoms with Crippen molar-refractivity contribution in [3.05, 3.63) is 34.9 Å². The first-order valence-electron chi connectivity index (χ1n) is 3.35. The maximum atomic E-state index is 9.16. The highest BCUT2D eigenvalue weighted by Crippen LogP contribution is 2.23. The Hall–Kier alpha value is -0.950. The third-order valence-electron chi connectivity index (χ3n) is 1.33. The second-order valence-electron chi connectivity index (χ2n) is 2.21. The molecule has 0 aliphatic carbocycles. The molecule has 0 aromatic heterocycles. The monoisotopic (exact) mass is 168 g/mol. The van der Waals surface area contributed by atoms with E-state index >= 15 is 0 Å². The van der Waals surface area contributed by atoms with Gasteiger partial charge in [-0.15, -0.1) is 0 Å². The molecule has 0 bridgehead atoms. The van der Waals surface area contributed by atoms with Gasteiger partial charge in [0, 0.05) is 0 Å². The van der Waals surface area contributed by atoms with Crippen molar-refractivity contribution in [2.45, 2.75) is 6.92 Å². The van der Waals surface area contributed by atoms with Crippen LogP contribution in [0.5, 0.6) is 5.75 Å². The average Bonchev–Trinajstić information content (AvgIpc) is 1.98. The van der Waals surface area contributed by atoms with Crippen molar-refractivity contribution < 1.29 is 5.11 Å². The fourth-order valence-corrected chi connectivity index (χ4v) is 0.943. The normalized spacial score (nSPS) is 10.7. The zero-order chi connectivity index (χ0) is 8.27. The van der Waals surface area contributed by atoms with Gasteiger partial charge in [-0.05, 0) is 24.6 Å². The fraction of sp³-hybridized carbons (Fsp3) is 0.111. The molecule has 1 aromatic carbocycles. The van der Waals surface area contributed by atoms with Crippen LogP contribution in [0.25, 0.3) is 6.08 Å². The molecule has 1 nitrogen and oxygen atoms in total. The lowest BCUT2D eigenvalue weighted by Crippen LogP contribution is -1.72. The quantitative estimate of drug-likeness (QED) is 0.684. The molecular weight excluding hydrogens is 160 g/mol. The van der Waals surface area contributed by atoms with E-state index in [2.05, 4.69) is 0 Å². The van der Waals surface area contributed by atoms with Gasteiger partial charge in [-0.1, -0.05) is 29.8 Å². The van der Waals surface area contributed by atoms with Gasteiger partial charge in [0.1, 0.15) is 5.75 Å². The highest BCUT2D eigenvalue weighted by Gasteiger charge is 1.95. The van der Waals surface area contributed by atoms with Crippen LogP contribution < -0.4 is 0 Å². The highest BCUT2D eigenvalue weighted by atomic mass is 35.5. The predicted molar refractivity (Wildman–Crippen MR) is 47.8 cm³/mol. The van der Waals surface area contributed by atoms with Gasteiger partial charge < -0.3 is 5.11 Å². The molecule has 58 valence electrons. The largest absolute Gasteiger partial charge is 0.506 e. The van der Waals surface area contributed by atoms with Crippen molar-refractivity contribution in [3.8, 4) is 5.75 Å². The van der Waals surface area contributed by atoms with Crippen molar-refractivity contribution in [2.75, 3.05) is 0 Å².